The van der Waals surface area contributed by atoms with Crippen molar-refractivity contribution in [1.82, 2.24) is 4.98 Å². The summed E-state index contributed by atoms with van der Waals surface area (Å²) in [6.07, 6.45) is -3.09. The van der Waals surface area contributed by atoms with E-state index in [1.165, 1.54) is 6.07 Å². The fourth-order valence-electron chi connectivity index (χ4n) is 1.14. The highest BCUT2D eigenvalue weighted by molar-refractivity contribution is 6.17. The Morgan fingerprint density at radius 1 is 1.53 bits per heavy atom. The first kappa shape index (κ1) is 11.8. The highest BCUT2D eigenvalue weighted by Crippen LogP contribution is 2.26. The Kier molecular flexibility index (Phi) is 3.92. The predicted molar refractivity (Wildman–Crippen MR) is 48.0 cm³/mol. The zero-order valence-electron chi connectivity index (χ0n) is 7.48. The molecule has 1 aromatic heterocycles. The summed E-state index contributed by atoms with van der Waals surface area (Å²) in [5.74, 6) is -1.49. The molecule has 1 heterocycles. The zero-order chi connectivity index (χ0) is 11.4. The van der Waals surface area contributed by atoms with Crippen molar-refractivity contribution in [2.45, 2.75) is 18.7 Å². The van der Waals surface area contributed by atoms with Gasteiger partial charge in [0.2, 0.25) is 5.95 Å². The Morgan fingerprint density at radius 2 is 2.20 bits per heavy atom. The van der Waals surface area contributed by atoms with Gasteiger partial charge >= 0.3 is 0 Å². The van der Waals surface area contributed by atoms with Gasteiger partial charge in [0, 0.05) is 5.88 Å². The van der Waals surface area contributed by atoms with Gasteiger partial charge in [0.05, 0.1) is 23.7 Å². The molecule has 1 aromatic rings. The monoisotopic (exact) mass is 234 g/mol. The highest BCUT2D eigenvalue weighted by Gasteiger charge is 2.20. The van der Waals surface area contributed by atoms with Crippen molar-refractivity contribution in [2.75, 3.05) is 0 Å². The van der Waals surface area contributed by atoms with E-state index in [4.69, 9.17) is 16.9 Å². The first-order valence-electron chi connectivity index (χ1n) is 3.99. The first-order valence-corrected chi connectivity index (χ1v) is 4.52. The molecule has 0 N–H and O–H groups in total. The van der Waals surface area contributed by atoms with E-state index in [2.05, 4.69) is 4.98 Å². The maximum Gasteiger partial charge on any atom is 0.268 e. The number of nitriles is 1. The van der Waals surface area contributed by atoms with Gasteiger partial charge in [-0.05, 0) is 11.6 Å². The van der Waals surface area contributed by atoms with Gasteiger partial charge in [0.25, 0.3) is 6.43 Å². The number of pyridine rings is 1. The quantitative estimate of drug-likeness (QED) is 0.596. The molecule has 0 amide bonds. The maximum atomic E-state index is 13.1. The number of hydrogen-bond donors (Lipinski definition) is 0. The van der Waals surface area contributed by atoms with Crippen molar-refractivity contribution in [1.29, 1.82) is 5.26 Å². The minimum absolute atomic E-state index is 0.0237. The van der Waals surface area contributed by atoms with E-state index in [0.29, 0.717) is 0 Å². The van der Waals surface area contributed by atoms with Crippen LogP contribution in [0.15, 0.2) is 6.07 Å². The largest absolute Gasteiger partial charge is 0.268 e. The fourth-order valence-corrected chi connectivity index (χ4v) is 1.36. The van der Waals surface area contributed by atoms with Gasteiger partial charge in [-0.25, -0.2) is 13.8 Å². The van der Waals surface area contributed by atoms with Gasteiger partial charge < -0.3 is 0 Å². The Hall–Kier alpha value is -1.28. The van der Waals surface area contributed by atoms with E-state index in [1.807, 2.05) is 0 Å². The molecule has 0 unspecified atom stereocenters. The molecular weight excluding hydrogens is 229 g/mol. The average Bonchev–Trinajstić information content (AvgIpc) is 2.16. The average molecular weight is 235 g/mol. The zero-order valence-corrected chi connectivity index (χ0v) is 8.23. The van der Waals surface area contributed by atoms with Crippen LogP contribution in [0.1, 0.15) is 23.2 Å². The minimum Gasteiger partial charge on any atom is -0.223 e. The van der Waals surface area contributed by atoms with Crippen LogP contribution >= 0.6 is 11.6 Å². The van der Waals surface area contributed by atoms with Crippen molar-refractivity contribution in [2.24, 2.45) is 0 Å². The smallest absolute Gasteiger partial charge is 0.223 e. The molecule has 2 nitrogen and oxygen atoms in total. The molecule has 1 rings (SSSR count). The second-order valence-electron chi connectivity index (χ2n) is 2.75. The number of nitrogens with zero attached hydrogens (tertiary/aromatic N) is 2. The second kappa shape index (κ2) is 4.99. The van der Waals surface area contributed by atoms with Crippen LogP contribution in [0, 0.1) is 17.3 Å². The van der Waals surface area contributed by atoms with Crippen LogP contribution < -0.4 is 0 Å². The lowest BCUT2D eigenvalue weighted by molar-refractivity contribution is 0.144. The van der Waals surface area contributed by atoms with Gasteiger partial charge in [-0.15, -0.1) is 11.6 Å². The molecule has 0 aliphatic carbocycles. The van der Waals surface area contributed by atoms with Gasteiger partial charge in [0.1, 0.15) is 0 Å². The van der Waals surface area contributed by atoms with Crippen LogP contribution in [-0.2, 0) is 12.3 Å². The SMILES string of the molecule is N#CCc1cc(CCl)c(C(F)F)c(F)n1. The maximum absolute atomic E-state index is 13.1. The van der Waals surface area contributed by atoms with Gasteiger partial charge in [-0.2, -0.15) is 9.65 Å². The Labute approximate surface area is 89.3 Å². The van der Waals surface area contributed by atoms with Crippen LogP contribution in [-0.4, -0.2) is 4.98 Å². The van der Waals surface area contributed by atoms with E-state index in [1.54, 1.807) is 6.07 Å². The summed E-state index contributed by atoms with van der Waals surface area (Å²) in [7, 11) is 0. The molecule has 6 heteroatoms. The van der Waals surface area contributed by atoms with Crippen LogP contribution in [0.2, 0.25) is 0 Å². The number of alkyl halides is 3. The van der Waals surface area contributed by atoms with Crippen LogP contribution in [0.3, 0.4) is 0 Å². The van der Waals surface area contributed by atoms with E-state index >= 15 is 0 Å². The second-order valence-corrected chi connectivity index (χ2v) is 3.01. The lowest BCUT2D eigenvalue weighted by atomic mass is 10.1. The van der Waals surface area contributed by atoms with E-state index < -0.39 is 17.9 Å². The molecule has 0 radical (unpaired) electrons. The summed E-state index contributed by atoms with van der Waals surface area (Å²) < 4.78 is 37.9. The van der Waals surface area contributed by atoms with E-state index in [9.17, 15) is 13.2 Å². The summed E-state index contributed by atoms with van der Waals surface area (Å²) >= 11 is 5.41. The minimum atomic E-state index is -2.96. The van der Waals surface area contributed by atoms with E-state index in [-0.39, 0.29) is 23.6 Å². The molecule has 0 saturated carbocycles. The van der Waals surface area contributed by atoms with Crippen LogP contribution in [0.25, 0.3) is 0 Å². The fraction of sp³-hybridized carbons (Fsp3) is 0.333. The van der Waals surface area contributed by atoms with Crippen LogP contribution in [0.4, 0.5) is 13.2 Å². The molecule has 0 bridgehead atoms. The number of hydrogen-bond acceptors (Lipinski definition) is 2. The third kappa shape index (κ3) is 2.60. The Bertz CT molecular complexity index is 401. The topological polar surface area (TPSA) is 36.7 Å². The molecule has 0 aromatic carbocycles. The molecular formula is C9H6ClF3N2. The Morgan fingerprint density at radius 3 is 2.67 bits per heavy atom. The van der Waals surface area contributed by atoms with Gasteiger partial charge in [-0.3, -0.25) is 0 Å². The summed E-state index contributed by atoms with van der Waals surface area (Å²) in [6.45, 7) is 0. The third-order valence-corrected chi connectivity index (χ3v) is 2.06. The standard InChI is InChI=1S/C9H6ClF3N2/c10-4-5-3-6(1-2-14)15-9(13)7(5)8(11)12/h3,8H,1,4H2. The molecule has 0 saturated heterocycles. The van der Waals surface area contributed by atoms with Crippen molar-refractivity contribution >= 4 is 11.6 Å². The predicted octanol–water partition coefficient (Wildman–Crippen LogP) is 2.96. The molecule has 0 aliphatic rings. The van der Waals surface area contributed by atoms with Crippen molar-refractivity contribution in [3.8, 4) is 6.07 Å². The molecule has 0 aliphatic heterocycles. The summed E-state index contributed by atoms with van der Waals surface area (Å²) in [5, 5.41) is 8.36. The molecule has 0 fully saturated rings. The lowest BCUT2D eigenvalue weighted by Gasteiger charge is -2.08. The van der Waals surface area contributed by atoms with Crippen molar-refractivity contribution in [3.05, 3.63) is 28.8 Å². The molecule has 0 spiro atoms. The summed E-state index contributed by atoms with van der Waals surface area (Å²) in [6, 6.07) is 2.97. The Balaban J connectivity index is 3.25. The van der Waals surface area contributed by atoms with Crippen molar-refractivity contribution in [3.63, 3.8) is 0 Å². The highest BCUT2D eigenvalue weighted by atomic mass is 35.5. The van der Waals surface area contributed by atoms with Gasteiger partial charge in [0.15, 0.2) is 0 Å². The number of aromatic nitrogens is 1. The number of halogens is 4. The summed E-state index contributed by atoms with van der Waals surface area (Å²) in [5.41, 5.74) is -0.703. The van der Waals surface area contributed by atoms with Crippen molar-refractivity contribution < 1.29 is 13.2 Å². The van der Waals surface area contributed by atoms with Crippen LogP contribution in [0.5, 0.6) is 0 Å². The molecule has 80 valence electrons. The molecule has 0 atom stereocenters. The summed E-state index contributed by atoms with van der Waals surface area (Å²) in [4.78, 5) is 3.26. The van der Waals surface area contributed by atoms with E-state index in [0.717, 1.165) is 0 Å². The normalized spacial score (nSPS) is 10.4. The third-order valence-electron chi connectivity index (χ3n) is 1.77. The number of rotatable bonds is 3. The first-order chi connectivity index (χ1) is 7.10. The lowest BCUT2D eigenvalue weighted by Crippen LogP contribution is -2.03. The van der Waals surface area contributed by atoms with Gasteiger partial charge in [-0.1, -0.05) is 0 Å². The molecule has 15 heavy (non-hydrogen) atoms.